The summed E-state index contributed by atoms with van der Waals surface area (Å²) in [5, 5.41) is 16.5. The van der Waals surface area contributed by atoms with Crippen LogP contribution in [0.1, 0.15) is 43.4 Å². The molecule has 0 atom stereocenters. The van der Waals surface area contributed by atoms with Gasteiger partial charge in [-0.2, -0.15) is 9.78 Å². The number of aryl methyl sites for hydroxylation is 1. The highest BCUT2D eigenvalue weighted by Gasteiger charge is 2.21. The number of fused-ring (bicyclic) bond motifs is 1. The summed E-state index contributed by atoms with van der Waals surface area (Å²) in [6, 6.07) is 15.0. The lowest BCUT2D eigenvalue weighted by Crippen LogP contribution is -2.21. The van der Waals surface area contributed by atoms with E-state index in [0.29, 0.717) is 16.5 Å². The van der Waals surface area contributed by atoms with E-state index in [2.05, 4.69) is 5.10 Å². The van der Waals surface area contributed by atoms with Crippen molar-refractivity contribution >= 4 is 28.8 Å². The van der Waals surface area contributed by atoms with Gasteiger partial charge >= 0.3 is 11.7 Å². The smallest absolute Gasteiger partial charge is 0.344 e. The fourth-order valence-electron chi connectivity index (χ4n) is 4.37. The summed E-state index contributed by atoms with van der Waals surface area (Å²) in [7, 11) is 1.61. The van der Waals surface area contributed by atoms with E-state index in [0.717, 1.165) is 21.6 Å². The van der Waals surface area contributed by atoms with Crippen molar-refractivity contribution in [2.24, 2.45) is 5.10 Å². The highest BCUT2D eigenvalue weighted by atomic mass is 16.6. The van der Waals surface area contributed by atoms with E-state index in [1.807, 2.05) is 32.9 Å². The van der Waals surface area contributed by atoms with Crippen molar-refractivity contribution in [2.45, 2.75) is 33.6 Å². The van der Waals surface area contributed by atoms with E-state index in [1.165, 1.54) is 24.4 Å². The highest BCUT2D eigenvalue weighted by Crippen LogP contribution is 2.34. The molecule has 0 spiro atoms. The van der Waals surface area contributed by atoms with Crippen LogP contribution in [0.3, 0.4) is 0 Å². The molecule has 4 aromatic rings. The molecule has 212 valence electrons. The SMILES string of the molecule is CCOC(=O)COc1c(C=Nn2c(-c3cc(C(C)C)c(OC)cc3C)nc3ccccc3c2=O)cccc1[N+](=O)[O-]. The van der Waals surface area contributed by atoms with Crippen LogP contribution in [0, 0.1) is 17.0 Å². The molecule has 0 N–H and O–H groups in total. The normalized spacial score (nSPS) is 11.3. The summed E-state index contributed by atoms with van der Waals surface area (Å²) in [5.74, 6) is 0.269. The average molecular weight is 559 g/mol. The summed E-state index contributed by atoms with van der Waals surface area (Å²) in [6.45, 7) is 7.21. The van der Waals surface area contributed by atoms with Gasteiger partial charge < -0.3 is 14.2 Å². The van der Waals surface area contributed by atoms with Crippen molar-refractivity contribution in [1.82, 2.24) is 9.66 Å². The minimum Gasteiger partial charge on any atom is -0.496 e. The van der Waals surface area contributed by atoms with Crippen LogP contribution >= 0.6 is 0 Å². The predicted molar refractivity (Wildman–Crippen MR) is 155 cm³/mol. The van der Waals surface area contributed by atoms with Gasteiger partial charge in [0.2, 0.25) is 5.75 Å². The second-order valence-corrected chi connectivity index (χ2v) is 9.42. The van der Waals surface area contributed by atoms with Gasteiger partial charge in [-0.05, 0) is 61.2 Å². The van der Waals surface area contributed by atoms with Gasteiger partial charge in [0.1, 0.15) is 5.75 Å². The third-order valence-electron chi connectivity index (χ3n) is 6.37. The van der Waals surface area contributed by atoms with Gasteiger partial charge in [0, 0.05) is 17.2 Å². The lowest BCUT2D eigenvalue weighted by molar-refractivity contribution is -0.385. The second-order valence-electron chi connectivity index (χ2n) is 9.42. The maximum absolute atomic E-state index is 13.7. The summed E-state index contributed by atoms with van der Waals surface area (Å²) in [4.78, 5) is 41.5. The van der Waals surface area contributed by atoms with Gasteiger partial charge in [-0.3, -0.25) is 14.9 Å². The molecular weight excluding hydrogens is 528 g/mol. The number of methoxy groups -OCH3 is 1. The monoisotopic (exact) mass is 558 g/mol. The number of aromatic nitrogens is 2. The Morgan fingerprint density at radius 1 is 1.17 bits per heavy atom. The van der Waals surface area contributed by atoms with Crippen molar-refractivity contribution in [3.8, 4) is 22.9 Å². The number of nitrogens with zero attached hydrogens (tertiary/aromatic N) is 4. The molecule has 4 rings (SSSR count). The van der Waals surface area contributed by atoms with Gasteiger partial charge in [-0.15, -0.1) is 0 Å². The molecule has 11 heteroatoms. The first kappa shape index (κ1) is 28.9. The molecule has 0 aliphatic heterocycles. The van der Waals surface area contributed by atoms with Crippen molar-refractivity contribution in [1.29, 1.82) is 0 Å². The van der Waals surface area contributed by atoms with Gasteiger partial charge in [0.15, 0.2) is 12.4 Å². The zero-order valence-electron chi connectivity index (χ0n) is 23.4. The van der Waals surface area contributed by atoms with Gasteiger partial charge in [-0.1, -0.05) is 32.0 Å². The van der Waals surface area contributed by atoms with Crippen molar-refractivity contribution in [2.75, 3.05) is 20.3 Å². The Hall–Kier alpha value is -5.06. The number of hydrogen-bond donors (Lipinski definition) is 0. The Bertz CT molecular complexity index is 1710. The van der Waals surface area contributed by atoms with Crippen LogP contribution in [0.2, 0.25) is 0 Å². The van der Waals surface area contributed by atoms with Gasteiger partial charge in [0.25, 0.3) is 5.56 Å². The maximum Gasteiger partial charge on any atom is 0.344 e. The molecular formula is C30H30N4O7. The van der Waals surface area contributed by atoms with Crippen LogP contribution < -0.4 is 15.0 Å². The molecule has 0 bridgehead atoms. The zero-order chi connectivity index (χ0) is 29.7. The van der Waals surface area contributed by atoms with Gasteiger partial charge in [0.05, 0.1) is 35.8 Å². The molecule has 3 aromatic carbocycles. The number of rotatable bonds is 10. The number of nitro groups is 1. The Balaban J connectivity index is 1.92. The third-order valence-corrected chi connectivity index (χ3v) is 6.37. The van der Waals surface area contributed by atoms with E-state index in [9.17, 15) is 19.7 Å². The Morgan fingerprint density at radius 2 is 1.93 bits per heavy atom. The fraction of sp³-hybridized carbons (Fsp3) is 0.267. The number of carbonyl (C=O) groups excluding carboxylic acids is 1. The molecule has 1 heterocycles. The minimum absolute atomic E-state index is 0.123. The molecule has 41 heavy (non-hydrogen) atoms. The summed E-state index contributed by atoms with van der Waals surface area (Å²) in [6.07, 6.45) is 1.27. The first-order valence-corrected chi connectivity index (χ1v) is 13.0. The number of benzene rings is 3. The lowest BCUT2D eigenvalue weighted by atomic mass is 9.96. The number of esters is 1. The highest BCUT2D eigenvalue weighted by molar-refractivity contribution is 5.87. The van der Waals surface area contributed by atoms with E-state index in [1.54, 1.807) is 38.3 Å². The number of hydrogen-bond acceptors (Lipinski definition) is 9. The van der Waals surface area contributed by atoms with Crippen LogP contribution in [-0.4, -0.2) is 47.1 Å². The molecule has 11 nitrogen and oxygen atoms in total. The van der Waals surface area contributed by atoms with E-state index in [-0.39, 0.29) is 35.3 Å². The second kappa shape index (κ2) is 12.4. The number of nitro benzene ring substituents is 1. The zero-order valence-corrected chi connectivity index (χ0v) is 23.4. The van der Waals surface area contributed by atoms with Crippen LogP contribution in [0.15, 0.2) is 64.5 Å². The molecule has 0 saturated heterocycles. The van der Waals surface area contributed by atoms with Gasteiger partial charge in [-0.25, -0.2) is 9.78 Å². The molecule has 0 saturated carbocycles. The third kappa shape index (κ3) is 6.08. The van der Waals surface area contributed by atoms with Crippen molar-refractivity contribution in [3.05, 3.63) is 91.8 Å². The van der Waals surface area contributed by atoms with Crippen LogP contribution in [0.25, 0.3) is 22.3 Å². The van der Waals surface area contributed by atoms with Crippen molar-refractivity contribution < 1.29 is 23.9 Å². The number of para-hydroxylation sites is 2. The van der Waals surface area contributed by atoms with Crippen LogP contribution in [-0.2, 0) is 9.53 Å². The quantitative estimate of drug-likeness (QED) is 0.112. The number of carbonyl (C=O) groups is 1. The Labute approximate surface area is 236 Å². The van der Waals surface area contributed by atoms with Crippen LogP contribution in [0.5, 0.6) is 11.5 Å². The topological polar surface area (TPSA) is 135 Å². The largest absolute Gasteiger partial charge is 0.496 e. The molecule has 0 aliphatic carbocycles. The maximum atomic E-state index is 13.7. The Morgan fingerprint density at radius 3 is 2.61 bits per heavy atom. The standard InChI is InChI=1S/C30H30N4O7/c1-6-40-27(35)17-41-28-20(10-9-13-25(28)34(37)38)16-31-33-29(32-24-12-8-7-11-21(24)30(33)36)23-15-22(18(2)3)26(39-5)14-19(23)4/h7-16,18H,6,17H2,1-5H3. The predicted octanol–water partition coefficient (Wildman–Crippen LogP) is 5.24. The average Bonchev–Trinajstić information content (AvgIpc) is 2.95. The van der Waals surface area contributed by atoms with E-state index in [4.69, 9.17) is 19.2 Å². The molecule has 1 aromatic heterocycles. The summed E-state index contributed by atoms with van der Waals surface area (Å²) in [5.41, 5.74) is 2.30. The Kier molecular flexibility index (Phi) is 8.76. The molecule has 0 amide bonds. The first-order chi connectivity index (χ1) is 19.7. The molecule has 0 fully saturated rings. The lowest BCUT2D eigenvalue weighted by Gasteiger charge is -2.17. The van der Waals surface area contributed by atoms with E-state index < -0.39 is 23.1 Å². The van der Waals surface area contributed by atoms with Crippen molar-refractivity contribution in [3.63, 3.8) is 0 Å². The summed E-state index contributed by atoms with van der Waals surface area (Å²) < 4.78 is 17.1. The number of ether oxygens (including phenoxy) is 3. The fourth-order valence-corrected chi connectivity index (χ4v) is 4.37. The molecule has 0 radical (unpaired) electrons. The first-order valence-electron chi connectivity index (χ1n) is 13.0. The molecule has 0 aliphatic rings. The molecule has 0 unspecified atom stereocenters. The van der Waals surface area contributed by atoms with E-state index >= 15 is 0 Å². The summed E-state index contributed by atoms with van der Waals surface area (Å²) >= 11 is 0. The minimum atomic E-state index is -0.679. The van der Waals surface area contributed by atoms with Crippen LogP contribution in [0.4, 0.5) is 5.69 Å².